The molecule has 0 aromatic heterocycles. The molecule has 20 heavy (non-hydrogen) atoms. The van der Waals surface area contributed by atoms with Gasteiger partial charge in [0.2, 0.25) is 10.0 Å². The van der Waals surface area contributed by atoms with Crippen LogP contribution in [0.5, 0.6) is 0 Å². The molecule has 0 heterocycles. The molecule has 0 atom stereocenters. The Bertz CT molecular complexity index is 735. The number of para-hydroxylation sites is 1. The maximum absolute atomic E-state index is 13.5. The third-order valence-electron chi connectivity index (χ3n) is 2.59. The van der Waals surface area contributed by atoms with Crippen molar-refractivity contribution in [3.8, 4) is 0 Å². The second-order valence-corrected chi connectivity index (χ2v) is 6.34. The lowest BCUT2D eigenvalue weighted by atomic mass is 10.2. The summed E-state index contributed by atoms with van der Waals surface area (Å²) in [5.41, 5.74) is 6.31. The van der Waals surface area contributed by atoms with Crippen LogP contribution in [0.15, 0.2) is 42.5 Å². The van der Waals surface area contributed by atoms with E-state index in [1.54, 1.807) is 24.3 Å². The number of anilines is 2. The van der Waals surface area contributed by atoms with Crippen LogP contribution in [0.3, 0.4) is 0 Å². The molecule has 7 heteroatoms. The zero-order valence-electron chi connectivity index (χ0n) is 10.3. The van der Waals surface area contributed by atoms with E-state index < -0.39 is 15.8 Å². The van der Waals surface area contributed by atoms with Crippen molar-refractivity contribution in [3.63, 3.8) is 0 Å². The van der Waals surface area contributed by atoms with Gasteiger partial charge in [0.05, 0.1) is 11.4 Å². The molecule has 0 fully saturated rings. The van der Waals surface area contributed by atoms with Crippen molar-refractivity contribution >= 4 is 33.0 Å². The summed E-state index contributed by atoms with van der Waals surface area (Å²) >= 11 is 5.71. The Hall–Kier alpha value is -1.79. The fraction of sp³-hybridized carbons (Fsp3) is 0.0769. The molecule has 3 N–H and O–H groups in total. The van der Waals surface area contributed by atoms with Crippen molar-refractivity contribution < 1.29 is 12.8 Å². The smallest absolute Gasteiger partial charge is 0.237 e. The summed E-state index contributed by atoms with van der Waals surface area (Å²) in [6.45, 7) is 0. The minimum Gasteiger partial charge on any atom is -0.398 e. The Labute approximate surface area is 121 Å². The number of nitrogens with two attached hydrogens (primary N) is 1. The average Bonchev–Trinajstić information content (AvgIpc) is 2.36. The van der Waals surface area contributed by atoms with Crippen LogP contribution in [0.4, 0.5) is 15.8 Å². The van der Waals surface area contributed by atoms with Gasteiger partial charge in [-0.25, -0.2) is 12.8 Å². The molecule has 0 aliphatic carbocycles. The lowest BCUT2D eigenvalue weighted by Crippen LogP contribution is -2.16. The maximum Gasteiger partial charge on any atom is 0.237 e. The molecule has 2 aromatic carbocycles. The number of sulfonamides is 1. The molecule has 0 radical (unpaired) electrons. The Morgan fingerprint density at radius 3 is 2.60 bits per heavy atom. The van der Waals surface area contributed by atoms with Crippen molar-refractivity contribution in [2.24, 2.45) is 0 Å². The average molecular weight is 315 g/mol. The van der Waals surface area contributed by atoms with Gasteiger partial charge in [-0.1, -0.05) is 29.8 Å². The molecular formula is C13H12ClFN2O2S. The predicted octanol–water partition coefficient (Wildman–Crippen LogP) is 3.00. The van der Waals surface area contributed by atoms with Gasteiger partial charge in [0.15, 0.2) is 0 Å². The van der Waals surface area contributed by atoms with Crippen LogP contribution in [0.25, 0.3) is 0 Å². The van der Waals surface area contributed by atoms with Crippen LogP contribution in [0.1, 0.15) is 5.56 Å². The zero-order chi connectivity index (χ0) is 14.8. The number of hydrogen-bond donors (Lipinski definition) is 2. The summed E-state index contributed by atoms with van der Waals surface area (Å²) in [7, 11) is -3.78. The van der Waals surface area contributed by atoms with Crippen molar-refractivity contribution in [2.75, 3.05) is 10.5 Å². The van der Waals surface area contributed by atoms with Crippen LogP contribution in [-0.4, -0.2) is 8.42 Å². The largest absolute Gasteiger partial charge is 0.398 e. The summed E-state index contributed by atoms with van der Waals surface area (Å²) in [6, 6.07) is 10.2. The third kappa shape index (κ3) is 3.61. The minimum atomic E-state index is -3.78. The number of hydrogen-bond acceptors (Lipinski definition) is 3. The molecule has 0 bridgehead atoms. The first kappa shape index (κ1) is 14.6. The van der Waals surface area contributed by atoms with E-state index in [-0.39, 0.29) is 16.5 Å². The van der Waals surface area contributed by atoms with E-state index in [0.717, 1.165) is 6.07 Å². The van der Waals surface area contributed by atoms with E-state index in [1.807, 2.05) is 0 Å². The Kier molecular flexibility index (Phi) is 4.15. The first-order valence-electron chi connectivity index (χ1n) is 5.66. The summed E-state index contributed by atoms with van der Waals surface area (Å²) in [6.07, 6.45) is 0. The quantitative estimate of drug-likeness (QED) is 0.852. The van der Waals surface area contributed by atoms with Crippen molar-refractivity contribution in [3.05, 3.63) is 58.9 Å². The number of rotatable bonds is 4. The Morgan fingerprint density at radius 1 is 1.20 bits per heavy atom. The van der Waals surface area contributed by atoms with Crippen LogP contribution < -0.4 is 10.5 Å². The highest BCUT2D eigenvalue weighted by Crippen LogP contribution is 2.22. The van der Waals surface area contributed by atoms with Gasteiger partial charge in [0.25, 0.3) is 0 Å². The van der Waals surface area contributed by atoms with Crippen molar-refractivity contribution in [1.82, 2.24) is 0 Å². The van der Waals surface area contributed by atoms with Gasteiger partial charge in [-0.3, -0.25) is 4.72 Å². The molecule has 2 rings (SSSR count). The van der Waals surface area contributed by atoms with Gasteiger partial charge in [0.1, 0.15) is 5.82 Å². The Balaban J connectivity index is 2.24. The zero-order valence-corrected chi connectivity index (χ0v) is 11.9. The minimum absolute atomic E-state index is 0.188. The molecule has 2 aromatic rings. The molecule has 0 spiro atoms. The summed E-state index contributed by atoms with van der Waals surface area (Å²) < 4.78 is 39.7. The topological polar surface area (TPSA) is 72.2 Å². The van der Waals surface area contributed by atoms with Crippen molar-refractivity contribution in [2.45, 2.75) is 5.75 Å². The van der Waals surface area contributed by atoms with E-state index in [2.05, 4.69) is 4.72 Å². The van der Waals surface area contributed by atoms with Gasteiger partial charge >= 0.3 is 0 Å². The molecule has 106 valence electrons. The maximum atomic E-state index is 13.5. The molecular weight excluding hydrogens is 303 g/mol. The second kappa shape index (κ2) is 5.68. The van der Waals surface area contributed by atoms with Gasteiger partial charge < -0.3 is 5.73 Å². The molecule has 4 nitrogen and oxygen atoms in total. The summed E-state index contributed by atoms with van der Waals surface area (Å²) in [5, 5.41) is 0.239. The summed E-state index contributed by atoms with van der Waals surface area (Å²) in [4.78, 5) is 0. The van der Waals surface area contributed by atoms with E-state index in [9.17, 15) is 12.8 Å². The highest BCUT2D eigenvalue weighted by molar-refractivity contribution is 7.91. The van der Waals surface area contributed by atoms with Crippen molar-refractivity contribution in [1.29, 1.82) is 0 Å². The second-order valence-electron chi connectivity index (χ2n) is 4.18. The fourth-order valence-electron chi connectivity index (χ4n) is 1.65. The van der Waals surface area contributed by atoms with Crippen LogP contribution >= 0.6 is 11.6 Å². The molecule has 0 amide bonds. The molecule has 0 aliphatic heterocycles. The van der Waals surface area contributed by atoms with Crippen LogP contribution in [0.2, 0.25) is 5.02 Å². The Morgan fingerprint density at radius 2 is 1.90 bits per heavy atom. The van der Waals surface area contributed by atoms with Crippen LogP contribution in [-0.2, 0) is 15.8 Å². The number of nitrogen functional groups attached to an aromatic ring is 1. The standard InChI is InChI=1S/C13H12ClFN2O2S/c14-10-5-6-11(15)13(7-10)17-20(18,19)8-9-3-1-2-4-12(9)16/h1-7,17H,8,16H2. The molecule has 0 saturated carbocycles. The lowest BCUT2D eigenvalue weighted by molar-refractivity contribution is 0.598. The predicted molar refractivity (Wildman–Crippen MR) is 78.5 cm³/mol. The highest BCUT2D eigenvalue weighted by atomic mass is 35.5. The third-order valence-corrected chi connectivity index (χ3v) is 4.05. The number of nitrogens with one attached hydrogen (secondary N) is 1. The summed E-state index contributed by atoms with van der Waals surface area (Å²) in [5.74, 6) is -1.04. The fourth-order valence-corrected chi connectivity index (χ4v) is 3.06. The van der Waals surface area contributed by atoms with E-state index >= 15 is 0 Å². The van der Waals surface area contributed by atoms with Gasteiger partial charge in [-0.2, -0.15) is 0 Å². The van der Waals surface area contributed by atoms with E-state index in [0.29, 0.717) is 11.3 Å². The molecule has 0 saturated heterocycles. The highest BCUT2D eigenvalue weighted by Gasteiger charge is 2.15. The van der Waals surface area contributed by atoms with E-state index in [4.69, 9.17) is 17.3 Å². The lowest BCUT2D eigenvalue weighted by Gasteiger charge is -2.10. The van der Waals surface area contributed by atoms with Gasteiger partial charge in [0, 0.05) is 10.7 Å². The van der Waals surface area contributed by atoms with Crippen LogP contribution in [0, 0.1) is 5.82 Å². The normalized spacial score (nSPS) is 11.3. The molecule has 0 unspecified atom stereocenters. The number of halogens is 2. The monoisotopic (exact) mass is 314 g/mol. The first-order valence-corrected chi connectivity index (χ1v) is 7.69. The molecule has 0 aliphatic rings. The number of benzene rings is 2. The first-order chi connectivity index (χ1) is 9.37. The SMILES string of the molecule is Nc1ccccc1CS(=O)(=O)Nc1cc(Cl)ccc1F. The van der Waals surface area contributed by atoms with Gasteiger partial charge in [-0.05, 0) is 29.8 Å². The van der Waals surface area contributed by atoms with Gasteiger partial charge in [-0.15, -0.1) is 0 Å². The van der Waals surface area contributed by atoms with E-state index in [1.165, 1.54) is 12.1 Å².